The van der Waals surface area contributed by atoms with Crippen LogP contribution >= 0.6 is 15.9 Å². The number of halogens is 1. The van der Waals surface area contributed by atoms with E-state index in [2.05, 4.69) is 27.8 Å². The standard InChI is InChI=1S/C20H25BrN2O3/c1-10-18(14(5)24)12(3)23-19(10)20(25)13(4)22-11(2)15-7-8-17(26-6)16(21)9-15/h7-9,11,13,22-23H,1-6H3/p+1/t11-,13-/m0/s1. The number of aryl methyl sites for hydroxylation is 1. The van der Waals surface area contributed by atoms with Crippen LogP contribution in [0.5, 0.6) is 5.75 Å². The van der Waals surface area contributed by atoms with E-state index in [4.69, 9.17) is 4.74 Å². The maximum Gasteiger partial charge on any atom is 0.235 e. The molecule has 2 atom stereocenters. The number of H-pyrrole nitrogens is 1. The van der Waals surface area contributed by atoms with Crippen molar-refractivity contribution in [2.75, 3.05) is 7.11 Å². The van der Waals surface area contributed by atoms with Gasteiger partial charge in [-0.05, 0) is 74.3 Å². The van der Waals surface area contributed by atoms with Crippen LogP contribution in [0.3, 0.4) is 0 Å². The summed E-state index contributed by atoms with van der Waals surface area (Å²) in [7, 11) is 1.63. The second-order valence-electron chi connectivity index (χ2n) is 6.71. The van der Waals surface area contributed by atoms with Gasteiger partial charge in [0.25, 0.3) is 0 Å². The van der Waals surface area contributed by atoms with Crippen LogP contribution in [0.4, 0.5) is 0 Å². The molecule has 1 aromatic carbocycles. The van der Waals surface area contributed by atoms with Crippen molar-refractivity contribution < 1.29 is 19.6 Å². The number of methoxy groups -OCH3 is 1. The van der Waals surface area contributed by atoms with Crippen LogP contribution in [0, 0.1) is 13.8 Å². The number of hydrogen-bond donors (Lipinski definition) is 2. The zero-order valence-corrected chi connectivity index (χ0v) is 17.7. The Kier molecular flexibility index (Phi) is 6.42. The van der Waals surface area contributed by atoms with Gasteiger partial charge >= 0.3 is 0 Å². The van der Waals surface area contributed by atoms with Crippen molar-refractivity contribution in [1.29, 1.82) is 0 Å². The molecular formula is C20H26BrN2O3+. The Labute approximate surface area is 162 Å². The van der Waals surface area contributed by atoms with E-state index in [0.717, 1.165) is 27.0 Å². The van der Waals surface area contributed by atoms with Crippen LogP contribution in [0.2, 0.25) is 0 Å². The number of rotatable bonds is 7. The van der Waals surface area contributed by atoms with E-state index in [-0.39, 0.29) is 23.7 Å². The summed E-state index contributed by atoms with van der Waals surface area (Å²) in [4.78, 5) is 27.8. The van der Waals surface area contributed by atoms with Crippen LogP contribution in [-0.2, 0) is 0 Å². The number of nitrogens with two attached hydrogens (primary N) is 1. The molecular weight excluding hydrogens is 396 g/mol. The Balaban J connectivity index is 2.18. The molecule has 0 aliphatic rings. The first-order valence-corrected chi connectivity index (χ1v) is 9.39. The number of carbonyl (C=O) groups is 2. The third-order valence-electron chi connectivity index (χ3n) is 4.73. The lowest BCUT2D eigenvalue weighted by molar-refractivity contribution is -0.709. The van der Waals surface area contributed by atoms with Crippen LogP contribution in [0.1, 0.15) is 64.5 Å². The number of quaternary nitrogens is 1. The van der Waals surface area contributed by atoms with Gasteiger partial charge < -0.3 is 15.0 Å². The first kappa shape index (κ1) is 20.4. The van der Waals surface area contributed by atoms with Gasteiger partial charge in [-0.15, -0.1) is 0 Å². The largest absolute Gasteiger partial charge is 0.496 e. The Morgan fingerprint density at radius 3 is 2.38 bits per heavy atom. The molecule has 0 unspecified atom stereocenters. The summed E-state index contributed by atoms with van der Waals surface area (Å²) in [5, 5.41) is 2.03. The van der Waals surface area contributed by atoms with Crippen LogP contribution in [0.15, 0.2) is 22.7 Å². The highest BCUT2D eigenvalue weighted by Gasteiger charge is 2.27. The van der Waals surface area contributed by atoms with Gasteiger partial charge in [0.15, 0.2) is 5.78 Å². The number of aromatic amines is 1. The predicted octanol–water partition coefficient (Wildman–Crippen LogP) is 3.50. The number of Topliss-reactive ketones (excluding diaryl/α,β-unsaturated/α-hetero) is 2. The van der Waals surface area contributed by atoms with Crippen molar-refractivity contribution >= 4 is 27.5 Å². The minimum Gasteiger partial charge on any atom is -0.496 e. The number of ether oxygens (including phenoxy) is 1. The lowest BCUT2D eigenvalue weighted by Crippen LogP contribution is -2.91. The second kappa shape index (κ2) is 8.18. The van der Waals surface area contributed by atoms with E-state index in [1.54, 1.807) is 7.11 Å². The molecule has 0 amide bonds. The highest BCUT2D eigenvalue weighted by atomic mass is 79.9. The molecule has 0 aliphatic carbocycles. The highest BCUT2D eigenvalue weighted by Crippen LogP contribution is 2.27. The molecule has 1 heterocycles. The van der Waals surface area contributed by atoms with Crippen molar-refractivity contribution in [1.82, 2.24) is 4.98 Å². The average molecular weight is 422 g/mol. The van der Waals surface area contributed by atoms with E-state index >= 15 is 0 Å². The maximum absolute atomic E-state index is 12.9. The molecule has 0 fully saturated rings. The Morgan fingerprint density at radius 1 is 1.23 bits per heavy atom. The van der Waals surface area contributed by atoms with Gasteiger partial charge in [-0.3, -0.25) is 9.59 Å². The fraction of sp³-hybridized carbons (Fsp3) is 0.400. The molecule has 2 rings (SSSR count). The molecule has 0 bridgehead atoms. The fourth-order valence-corrected chi connectivity index (χ4v) is 3.91. The van der Waals surface area contributed by atoms with E-state index in [0.29, 0.717) is 11.3 Å². The Bertz CT molecular complexity index is 842. The lowest BCUT2D eigenvalue weighted by atomic mass is 10.0. The average Bonchev–Trinajstić information content (AvgIpc) is 2.88. The summed E-state index contributed by atoms with van der Waals surface area (Å²) in [6.07, 6.45) is 0. The van der Waals surface area contributed by atoms with Crippen molar-refractivity contribution in [2.45, 2.75) is 46.7 Å². The molecule has 0 aliphatic heterocycles. The number of ketones is 2. The first-order valence-electron chi connectivity index (χ1n) is 8.60. The Hall–Kier alpha value is -1.92. The van der Waals surface area contributed by atoms with Crippen molar-refractivity contribution in [3.05, 3.63) is 50.8 Å². The number of aromatic nitrogens is 1. The molecule has 0 radical (unpaired) electrons. The minimum atomic E-state index is -0.276. The second-order valence-corrected chi connectivity index (χ2v) is 7.56. The molecule has 6 heteroatoms. The van der Waals surface area contributed by atoms with Crippen molar-refractivity contribution in [2.24, 2.45) is 0 Å². The third kappa shape index (κ3) is 4.07. The number of carbonyl (C=O) groups excluding carboxylic acids is 2. The van der Waals surface area contributed by atoms with Crippen molar-refractivity contribution in [3.63, 3.8) is 0 Å². The lowest BCUT2D eigenvalue weighted by Gasteiger charge is -2.17. The molecule has 140 valence electrons. The van der Waals surface area contributed by atoms with Gasteiger partial charge in [-0.25, -0.2) is 0 Å². The summed E-state index contributed by atoms with van der Waals surface area (Å²) >= 11 is 3.50. The van der Waals surface area contributed by atoms with E-state index in [1.807, 2.05) is 44.3 Å². The van der Waals surface area contributed by atoms with Crippen LogP contribution in [-0.4, -0.2) is 29.7 Å². The van der Waals surface area contributed by atoms with Gasteiger partial charge in [0.1, 0.15) is 17.8 Å². The number of benzene rings is 1. The maximum atomic E-state index is 12.9. The zero-order valence-electron chi connectivity index (χ0n) is 16.1. The summed E-state index contributed by atoms with van der Waals surface area (Å²) in [5.74, 6) is 0.750. The van der Waals surface area contributed by atoms with Crippen molar-refractivity contribution in [3.8, 4) is 5.75 Å². The van der Waals surface area contributed by atoms with Gasteiger partial charge in [0, 0.05) is 16.8 Å². The topological polar surface area (TPSA) is 75.8 Å². The SMILES string of the molecule is COc1ccc([C@H](C)[NH2+][C@@H](C)C(=O)c2[nH]c(C)c(C(C)=O)c2C)cc1Br. The fourth-order valence-electron chi connectivity index (χ4n) is 3.35. The molecule has 26 heavy (non-hydrogen) atoms. The molecule has 0 spiro atoms. The van der Waals surface area contributed by atoms with Gasteiger partial charge in [-0.2, -0.15) is 0 Å². The quantitative estimate of drug-likeness (QED) is 0.671. The highest BCUT2D eigenvalue weighted by molar-refractivity contribution is 9.10. The van der Waals surface area contributed by atoms with Gasteiger partial charge in [-0.1, -0.05) is 0 Å². The monoisotopic (exact) mass is 421 g/mol. The van der Waals surface area contributed by atoms with Gasteiger partial charge in [0.05, 0.1) is 17.3 Å². The zero-order chi connectivity index (χ0) is 19.6. The number of nitrogens with one attached hydrogen (secondary N) is 1. The molecule has 0 saturated heterocycles. The van der Waals surface area contributed by atoms with E-state index < -0.39 is 0 Å². The van der Waals surface area contributed by atoms with E-state index in [9.17, 15) is 9.59 Å². The smallest absolute Gasteiger partial charge is 0.235 e. The normalized spacial score (nSPS) is 13.3. The molecule has 3 N–H and O–H groups in total. The van der Waals surface area contributed by atoms with Crippen LogP contribution < -0.4 is 10.1 Å². The summed E-state index contributed by atoms with van der Waals surface area (Å²) in [6.45, 7) is 9.12. The summed E-state index contributed by atoms with van der Waals surface area (Å²) in [6, 6.07) is 5.74. The molecule has 0 saturated carbocycles. The first-order chi connectivity index (χ1) is 12.2. The third-order valence-corrected chi connectivity index (χ3v) is 5.35. The molecule has 5 nitrogen and oxygen atoms in total. The number of hydrogen-bond acceptors (Lipinski definition) is 3. The van der Waals surface area contributed by atoms with Crippen LogP contribution in [0.25, 0.3) is 0 Å². The minimum absolute atomic E-state index is 0.00229. The molecule has 2 aromatic rings. The summed E-state index contributed by atoms with van der Waals surface area (Å²) < 4.78 is 6.15. The molecule has 1 aromatic heterocycles. The van der Waals surface area contributed by atoms with Gasteiger partial charge in [0.2, 0.25) is 5.78 Å². The Morgan fingerprint density at radius 2 is 1.88 bits per heavy atom. The van der Waals surface area contributed by atoms with E-state index in [1.165, 1.54) is 6.92 Å². The summed E-state index contributed by atoms with van der Waals surface area (Å²) in [5.41, 5.74) is 3.73. The predicted molar refractivity (Wildman–Crippen MR) is 105 cm³/mol.